The van der Waals surface area contributed by atoms with Gasteiger partial charge in [-0.2, -0.15) is 5.26 Å². The molecule has 316 valence electrons. The molecule has 3 fully saturated rings. The molecular formula is C46H51ClN10O4. The number of nitrogens with zero attached hydrogens (tertiary/aromatic N) is 7. The maximum absolute atomic E-state index is 13.0. The van der Waals surface area contributed by atoms with Gasteiger partial charge in [0.2, 0.25) is 0 Å². The number of carbonyl (C=O) groups excluding carboxylic acids is 2. The van der Waals surface area contributed by atoms with E-state index in [1.807, 2.05) is 25.1 Å². The maximum Gasteiger partial charge on any atom is 0.272 e. The number of piperazine rings is 1. The molecule has 15 heteroatoms. The monoisotopic (exact) mass is 842 g/mol. The minimum Gasteiger partial charge on any atom is -0.490 e. The molecule has 2 amide bonds. The van der Waals surface area contributed by atoms with Crippen LogP contribution >= 0.6 is 11.6 Å². The molecule has 3 aliphatic rings. The Morgan fingerprint density at radius 1 is 0.869 bits per heavy atom. The molecule has 0 bridgehead atoms. The Kier molecular flexibility index (Phi) is 13.1. The van der Waals surface area contributed by atoms with E-state index >= 15 is 0 Å². The number of H-pyrrole nitrogens is 1. The van der Waals surface area contributed by atoms with Crippen molar-refractivity contribution in [2.75, 3.05) is 55.6 Å². The number of hydrogen-bond donors (Lipinski definition) is 3. The second-order valence-corrected chi connectivity index (χ2v) is 16.7. The van der Waals surface area contributed by atoms with Crippen molar-refractivity contribution in [2.45, 2.75) is 70.6 Å². The van der Waals surface area contributed by atoms with Crippen molar-refractivity contribution in [1.29, 1.82) is 5.26 Å². The third kappa shape index (κ3) is 10.3. The zero-order valence-electron chi connectivity index (χ0n) is 34.4. The number of carbonyl (C=O) groups is 2. The Labute approximate surface area is 360 Å². The molecule has 8 rings (SSSR count). The number of halogens is 1. The molecular weight excluding hydrogens is 792 g/mol. The lowest BCUT2D eigenvalue weighted by Gasteiger charge is -2.36. The molecule has 5 heterocycles. The predicted molar refractivity (Wildman–Crippen MR) is 235 cm³/mol. The van der Waals surface area contributed by atoms with Gasteiger partial charge in [-0.3, -0.25) is 19.3 Å². The second-order valence-electron chi connectivity index (χ2n) is 16.3. The van der Waals surface area contributed by atoms with Crippen LogP contribution in [0.25, 0.3) is 10.9 Å². The summed E-state index contributed by atoms with van der Waals surface area (Å²) >= 11 is 6.15. The van der Waals surface area contributed by atoms with Crippen LogP contribution in [0.1, 0.15) is 83.1 Å². The van der Waals surface area contributed by atoms with Crippen molar-refractivity contribution in [2.24, 2.45) is 5.92 Å². The summed E-state index contributed by atoms with van der Waals surface area (Å²) in [4.78, 5) is 52.8. The lowest BCUT2D eigenvalue weighted by atomic mass is 9.93. The first kappa shape index (κ1) is 41.7. The van der Waals surface area contributed by atoms with Gasteiger partial charge in [0.15, 0.2) is 11.5 Å². The number of nitriles is 1. The highest BCUT2D eigenvalue weighted by atomic mass is 35.5. The Morgan fingerprint density at radius 2 is 1.66 bits per heavy atom. The van der Waals surface area contributed by atoms with Crippen LogP contribution < -0.4 is 30.7 Å². The number of ether oxygens (including phenoxy) is 1. The minimum absolute atomic E-state index is 0.0110. The molecule has 3 N–H and O–H groups in total. The highest BCUT2D eigenvalue weighted by molar-refractivity contribution is 6.31. The molecule has 0 atom stereocenters. The van der Waals surface area contributed by atoms with Gasteiger partial charge in [0.1, 0.15) is 17.5 Å². The quantitative estimate of drug-likeness (QED) is 0.137. The zero-order valence-corrected chi connectivity index (χ0v) is 35.2. The van der Waals surface area contributed by atoms with Crippen LogP contribution in [0.5, 0.6) is 5.75 Å². The molecule has 2 aromatic carbocycles. The van der Waals surface area contributed by atoms with Gasteiger partial charge < -0.3 is 30.2 Å². The molecule has 61 heavy (non-hydrogen) atoms. The van der Waals surface area contributed by atoms with Crippen molar-refractivity contribution < 1.29 is 14.3 Å². The first-order valence-electron chi connectivity index (χ1n) is 21.3. The molecule has 1 saturated carbocycles. The van der Waals surface area contributed by atoms with Crippen molar-refractivity contribution in [3.8, 4) is 11.8 Å². The van der Waals surface area contributed by atoms with Crippen molar-refractivity contribution in [1.82, 2.24) is 35.7 Å². The van der Waals surface area contributed by atoms with Gasteiger partial charge in [-0.1, -0.05) is 30.7 Å². The number of nitrogens with one attached hydrogen (secondary N) is 3. The van der Waals surface area contributed by atoms with Crippen molar-refractivity contribution in [3.05, 3.63) is 116 Å². The SMILES string of the molecule is CCc1cc2ccc(CN3CCN(c4ccc(C(=O)NCC5CCN(c6ccc(C(=O)NC7CCC(Oc8ccc(C#N)c(Cl)c8)CC7)nn6)CC5)nc4)CC3)cc2[nH]c1=O. The summed E-state index contributed by atoms with van der Waals surface area (Å²) in [7, 11) is 0. The summed E-state index contributed by atoms with van der Waals surface area (Å²) in [5.74, 6) is 1.30. The first-order valence-corrected chi connectivity index (χ1v) is 21.7. The number of benzene rings is 2. The molecule has 0 radical (unpaired) electrons. The number of hydrogen-bond acceptors (Lipinski definition) is 11. The average molecular weight is 843 g/mol. The summed E-state index contributed by atoms with van der Waals surface area (Å²) in [5, 5.41) is 25.3. The number of aromatic amines is 1. The van der Waals surface area contributed by atoms with Crippen LogP contribution in [0.3, 0.4) is 0 Å². The predicted octanol–water partition coefficient (Wildman–Crippen LogP) is 5.89. The van der Waals surface area contributed by atoms with Crippen LogP contribution in [0.15, 0.2) is 77.7 Å². The normalized spacial score (nSPS) is 18.7. The number of rotatable bonds is 12. The van der Waals surface area contributed by atoms with E-state index in [0.717, 1.165) is 112 Å². The second kappa shape index (κ2) is 19.1. The van der Waals surface area contributed by atoms with Crippen LogP contribution in [0.2, 0.25) is 5.02 Å². The Balaban J connectivity index is 0.722. The van der Waals surface area contributed by atoms with Gasteiger partial charge in [-0.25, -0.2) is 4.98 Å². The number of pyridine rings is 2. The van der Waals surface area contributed by atoms with E-state index in [1.165, 1.54) is 5.56 Å². The average Bonchev–Trinajstić information content (AvgIpc) is 3.29. The zero-order chi connectivity index (χ0) is 42.3. The van der Waals surface area contributed by atoms with E-state index in [-0.39, 0.29) is 35.2 Å². The number of aryl methyl sites for hydroxylation is 1. The van der Waals surface area contributed by atoms with Crippen LogP contribution in [0, 0.1) is 17.2 Å². The molecule has 2 saturated heterocycles. The molecule has 5 aromatic rings. The highest BCUT2D eigenvalue weighted by Gasteiger charge is 2.26. The number of anilines is 2. The molecule has 3 aromatic heterocycles. The Morgan fingerprint density at radius 3 is 2.34 bits per heavy atom. The third-order valence-electron chi connectivity index (χ3n) is 12.2. The third-order valence-corrected chi connectivity index (χ3v) is 12.6. The standard InChI is InChI=1S/C46H51ClN10O4/c1-2-32-24-33-4-3-31(23-42(33)52-44(32)58)29-55-19-21-56(22-20-55)36-8-12-40(49-28-36)45(59)50-27-30-15-17-57(18-16-30)43-14-13-41(53-54-43)46(60)51-35-6-10-37(11-7-35)61-38-9-5-34(26-48)39(47)25-38/h3-5,8-9,12-14,23-25,28,30,35,37H,2,6-7,10-11,15-22,27,29H2,1H3,(H,50,59)(H,51,60)(H,52,58). The van der Waals surface area contributed by atoms with E-state index in [9.17, 15) is 14.4 Å². The lowest BCUT2D eigenvalue weighted by Crippen LogP contribution is -2.46. The summed E-state index contributed by atoms with van der Waals surface area (Å²) in [6.45, 7) is 8.48. The fourth-order valence-corrected chi connectivity index (χ4v) is 8.74. The highest BCUT2D eigenvalue weighted by Crippen LogP contribution is 2.28. The summed E-state index contributed by atoms with van der Waals surface area (Å²) in [6, 6.07) is 22.8. The molecule has 0 spiro atoms. The number of fused-ring (bicyclic) bond motifs is 1. The molecule has 0 unspecified atom stereocenters. The largest absolute Gasteiger partial charge is 0.490 e. The molecule has 1 aliphatic carbocycles. The van der Waals surface area contributed by atoms with Crippen molar-refractivity contribution in [3.63, 3.8) is 0 Å². The number of aromatic nitrogens is 4. The van der Waals surface area contributed by atoms with Gasteiger partial charge in [0.25, 0.3) is 17.4 Å². The Hall–Kier alpha value is -6.04. The fourth-order valence-electron chi connectivity index (χ4n) is 8.53. The van der Waals surface area contributed by atoms with E-state index in [0.29, 0.717) is 40.9 Å². The van der Waals surface area contributed by atoms with E-state index in [2.05, 4.69) is 69.8 Å². The van der Waals surface area contributed by atoms with Gasteiger partial charge >= 0.3 is 0 Å². The summed E-state index contributed by atoms with van der Waals surface area (Å²) in [5.41, 5.74) is 4.97. The fraction of sp³-hybridized carbons (Fsp3) is 0.413. The maximum atomic E-state index is 13.0. The van der Waals surface area contributed by atoms with Crippen molar-refractivity contribution >= 4 is 45.8 Å². The lowest BCUT2D eigenvalue weighted by molar-refractivity contribution is 0.0887. The first-order chi connectivity index (χ1) is 29.7. The summed E-state index contributed by atoms with van der Waals surface area (Å²) in [6.07, 6.45) is 7.46. The molecule has 14 nitrogen and oxygen atoms in total. The van der Waals surface area contributed by atoms with E-state index < -0.39 is 0 Å². The van der Waals surface area contributed by atoms with Gasteiger partial charge in [-0.15, -0.1) is 10.2 Å². The minimum atomic E-state index is -0.237. The summed E-state index contributed by atoms with van der Waals surface area (Å²) < 4.78 is 6.08. The van der Waals surface area contributed by atoms with Gasteiger partial charge in [0, 0.05) is 75.5 Å². The van der Waals surface area contributed by atoms with E-state index in [1.54, 1.807) is 36.5 Å². The van der Waals surface area contributed by atoms with Crippen LogP contribution in [0.4, 0.5) is 11.5 Å². The van der Waals surface area contributed by atoms with Crippen LogP contribution in [-0.2, 0) is 13.0 Å². The van der Waals surface area contributed by atoms with Crippen LogP contribution in [-0.4, -0.2) is 94.8 Å². The van der Waals surface area contributed by atoms with E-state index in [4.69, 9.17) is 21.6 Å². The smallest absolute Gasteiger partial charge is 0.272 e. The molecule has 2 aliphatic heterocycles. The van der Waals surface area contributed by atoms with Gasteiger partial charge in [0.05, 0.1) is 28.6 Å². The number of amides is 2. The van der Waals surface area contributed by atoms with Gasteiger partial charge in [-0.05, 0) is 110 Å². The number of piperidine rings is 1. The topological polar surface area (TPSA) is 172 Å². The Bertz CT molecular complexity index is 2430.